The van der Waals surface area contributed by atoms with E-state index in [1.807, 2.05) is 4.57 Å². The first-order chi connectivity index (χ1) is 17.4. The second kappa shape index (κ2) is 10.9. The predicted molar refractivity (Wildman–Crippen MR) is 139 cm³/mol. The number of halogens is 5. The highest BCUT2D eigenvalue weighted by molar-refractivity contribution is 6.38. The van der Waals surface area contributed by atoms with Gasteiger partial charge in [-0.3, -0.25) is 4.79 Å². The van der Waals surface area contributed by atoms with E-state index in [0.717, 1.165) is 19.3 Å². The number of amides is 1. The van der Waals surface area contributed by atoms with Gasteiger partial charge < -0.3 is 19.3 Å². The van der Waals surface area contributed by atoms with Crippen molar-refractivity contribution in [1.82, 2.24) is 9.47 Å². The van der Waals surface area contributed by atoms with Crippen molar-refractivity contribution in [2.24, 2.45) is 5.92 Å². The average molecular weight is 555 g/mol. The molecule has 198 valence electrons. The van der Waals surface area contributed by atoms with Crippen LogP contribution in [0.1, 0.15) is 47.2 Å². The zero-order chi connectivity index (χ0) is 26.9. The van der Waals surface area contributed by atoms with E-state index >= 15 is 0 Å². The minimum Gasteiger partial charge on any atom is -0.513 e. The number of rotatable bonds is 7. The number of hydrogen-bond donors (Lipinski definition) is 1. The van der Waals surface area contributed by atoms with E-state index in [0.29, 0.717) is 58.0 Å². The molecule has 4 rings (SSSR count). The number of aromatic nitrogens is 1. The fourth-order valence-electron chi connectivity index (χ4n) is 4.91. The standard InChI is InChI=1S/C27H27Cl2F3N2O3/c1-16-13-20(37-27(30,31)32)14-19-9-12-34(25(16)19)15-22-23(28)6-5-21(24(22)29)26(36)33-10-7-18(8-11-33)4-3-17(2)35/h5-6,9,12-14,18,35H,2-4,7-8,10-11,15H2,1H3. The van der Waals surface area contributed by atoms with Gasteiger partial charge in [-0.2, -0.15) is 0 Å². The van der Waals surface area contributed by atoms with Crippen molar-refractivity contribution in [3.8, 4) is 5.75 Å². The number of hydrogen-bond acceptors (Lipinski definition) is 3. The maximum absolute atomic E-state index is 13.3. The lowest BCUT2D eigenvalue weighted by atomic mass is 9.91. The Bertz CT molecular complexity index is 1330. The smallest absolute Gasteiger partial charge is 0.513 e. The number of benzene rings is 2. The van der Waals surface area contributed by atoms with Crippen molar-refractivity contribution < 1.29 is 27.8 Å². The van der Waals surface area contributed by atoms with Gasteiger partial charge in [-0.05, 0) is 68.0 Å². The number of aryl methyl sites for hydroxylation is 1. The van der Waals surface area contributed by atoms with Crippen molar-refractivity contribution in [2.75, 3.05) is 13.1 Å². The molecule has 1 aliphatic rings. The van der Waals surface area contributed by atoms with Crippen LogP contribution in [0, 0.1) is 12.8 Å². The van der Waals surface area contributed by atoms with E-state index in [-0.39, 0.29) is 29.0 Å². The van der Waals surface area contributed by atoms with Gasteiger partial charge in [0, 0.05) is 41.7 Å². The molecule has 1 fully saturated rings. The molecule has 0 spiro atoms. The minimum absolute atomic E-state index is 0.171. The SMILES string of the molecule is C=C(O)CCC1CCN(C(=O)c2ccc(Cl)c(Cn3ccc4cc(OC(F)(F)F)cc(C)c43)c2Cl)CC1. The molecule has 0 atom stereocenters. The Hall–Kier alpha value is -2.84. The molecular weight excluding hydrogens is 528 g/mol. The fraction of sp³-hybridized carbons (Fsp3) is 0.370. The van der Waals surface area contributed by atoms with E-state index in [1.54, 1.807) is 36.2 Å². The number of carbonyl (C=O) groups is 1. The number of likely N-dealkylation sites (tertiary alicyclic amines) is 1. The first-order valence-electron chi connectivity index (χ1n) is 11.9. The lowest BCUT2D eigenvalue weighted by Crippen LogP contribution is -2.38. The third-order valence-corrected chi connectivity index (χ3v) is 7.53. The normalized spacial score (nSPS) is 14.8. The number of nitrogens with zero attached hydrogens (tertiary/aromatic N) is 2. The van der Waals surface area contributed by atoms with Gasteiger partial charge in [0.05, 0.1) is 28.4 Å². The largest absolute Gasteiger partial charge is 0.573 e. The summed E-state index contributed by atoms with van der Waals surface area (Å²) in [6.45, 7) is 6.65. The van der Waals surface area contributed by atoms with Crippen LogP contribution in [0.2, 0.25) is 10.0 Å². The molecule has 0 unspecified atom stereocenters. The Balaban J connectivity index is 1.54. The van der Waals surface area contributed by atoms with Crippen molar-refractivity contribution >= 4 is 40.0 Å². The second-order valence-corrected chi connectivity index (χ2v) is 10.2. The summed E-state index contributed by atoms with van der Waals surface area (Å²) in [4.78, 5) is 15.1. The highest BCUT2D eigenvalue weighted by atomic mass is 35.5. The average Bonchev–Trinajstić information content (AvgIpc) is 3.22. The molecule has 3 aromatic rings. The van der Waals surface area contributed by atoms with Crippen LogP contribution in [0.25, 0.3) is 10.9 Å². The van der Waals surface area contributed by atoms with E-state index in [4.69, 9.17) is 23.2 Å². The molecule has 2 heterocycles. The fourth-order valence-corrected chi connectivity index (χ4v) is 5.48. The summed E-state index contributed by atoms with van der Waals surface area (Å²) < 4.78 is 43.9. The molecule has 2 aromatic carbocycles. The number of piperidine rings is 1. The maximum atomic E-state index is 13.3. The van der Waals surface area contributed by atoms with E-state index in [9.17, 15) is 23.1 Å². The lowest BCUT2D eigenvalue weighted by molar-refractivity contribution is -0.274. The molecule has 0 saturated carbocycles. The molecule has 10 heteroatoms. The van der Waals surface area contributed by atoms with Gasteiger partial charge in [-0.15, -0.1) is 13.2 Å². The summed E-state index contributed by atoms with van der Waals surface area (Å²) in [7, 11) is 0. The van der Waals surface area contributed by atoms with Crippen LogP contribution < -0.4 is 4.74 Å². The summed E-state index contributed by atoms with van der Waals surface area (Å²) in [5.41, 5.74) is 2.22. The number of ether oxygens (including phenoxy) is 1. The molecule has 0 aliphatic carbocycles. The topological polar surface area (TPSA) is 54.7 Å². The molecule has 0 radical (unpaired) electrons. The van der Waals surface area contributed by atoms with Crippen LogP contribution in [0.5, 0.6) is 5.75 Å². The summed E-state index contributed by atoms with van der Waals surface area (Å²) in [6.07, 6.45) is 0.0482. The molecule has 1 saturated heterocycles. The summed E-state index contributed by atoms with van der Waals surface area (Å²) in [5, 5.41) is 10.6. The zero-order valence-electron chi connectivity index (χ0n) is 20.2. The van der Waals surface area contributed by atoms with Gasteiger partial charge in [0.15, 0.2) is 0 Å². The Labute approximate surface area is 223 Å². The Kier molecular flexibility index (Phi) is 7.99. The van der Waals surface area contributed by atoms with Gasteiger partial charge in [0.25, 0.3) is 5.91 Å². The van der Waals surface area contributed by atoms with Gasteiger partial charge in [0.1, 0.15) is 5.75 Å². The minimum atomic E-state index is -4.78. The first kappa shape index (κ1) is 27.2. The number of alkyl halides is 3. The lowest BCUT2D eigenvalue weighted by Gasteiger charge is -2.32. The van der Waals surface area contributed by atoms with Crippen molar-refractivity contribution in [2.45, 2.75) is 45.5 Å². The van der Waals surface area contributed by atoms with E-state index < -0.39 is 6.36 Å². The van der Waals surface area contributed by atoms with Crippen molar-refractivity contribution in [3.05, 3.63) is 75.6 Å². The molecule has 0 bridgehead atoms. The van der Waals surface area contributed by atoms with Crippen LogP contribution >= 0.6 is 23.2 Å². The molecule has 1 aromatic heterocycles. The predicted octanol–water partition coefficient (Wildman–Crippen LogP) is 7.91. The van der Waals surface area contributed by atoms with Crippen molar-refractivity contribution in [3.63, 3.8) is 0 Å². The Morgan fingerprint density at radius 2 is 1.89 bits per heavy atom. The molecule has 1 amide bonds. The summed E-state index contributed by atoms with van der Waals surface area (Å²) >= 11 is 13.2. The quantitative estimate of drug-likeness (QED) is 0.302. The molecule has 1 aliphatic heterocycles. The van der Waals surface area contributed by atoms with Gasteiger partial charge in [0.2, 0.25) is 0 Å². The van der Waals surface area contributed by atoms with Crippen LogP contribution in [0.15, 0.2) is 48.9 Å². The van der Waals surface area contributed by atoms with Crippen LogP contribution in [-0.4, -0.2) is 39.9 Å². The second-order valence-electron chi connectivity index (χ2n) is 9.40. The molecule has 37 heavy (non-hydrogen) atoms. The Morgan fingerprint density at radius 1 is 1.19 bits per heavy atom. The van der Waals surface area contributed by atoms with Gasteiger partial charge in [-0.1, -0.05) is 29.8 Å². The number of fused-ring (bicyclic) bond motifs is 1. The number of aliphatic hydroxyl groups is 1. The number of aliphatic hydroxyl groups excluding tert-OH is 1. The molecule has 1 N–H and O–H groups in total. The van der Waals surface area contributed by atoms with Crippen molar-refractivity contribution in [1.29, 1.82) is 0 Å². The summed E-state index contributed by atoms with van der Waals surface area (Å²) in [5.74, 6) is 0.149. The Morgan fingerprint density at radius 3 is 2.54 bits per heavy atom. The summed E-state index contributed by atoms with van der Waals surface area (Å²) in [6, 6.07) is 7.62. The van der Waals surface area contributed by atoms with Crippen LogP contribution in [0.4, 0.5) is 13.2 Å². The van der Waals surface area contributed by atoms with Gasteiger partial charge >= 0.3 is 6.36 Å². The monoisotopic (exact) mass is 554 g/mol. The third kappa shape index (κ3) is 6.36. The van der Waals surface area contributed by atoms with Gasteiger partial charge in [-0.25, -0.2) is 0 Å². The molecular formula is C27H27Cl2F3N2O3. The first-order valence-corrected chi connectivity index (χ1v) is 12.7. The third-order valence-electron chi connectivity index (χ3n) is 6.75. The molecule has 5 nitrogen and oxygen atoms in total. The highest BCUT2D eigenvalue weighted by Gasteiger charge is 2.31. The highest BCUT2D eigenvalue weighted by Crippen LogP contribution is 2.34. The number of carbonyl (C=O) groups excluding carboxylic acids is 1. The van der Waals surface area contributed by atoms with Crippen LogP contribution in [0.3, 0.4) is 0 Å². The van der Waals surface area contributed by atoms with E-state index in [2.05, 4.69) is 11.3 Å². The van der Waals surface area contributed by atoms with E-state index in [1.165, 1.54) is 12.1 Å². The van der Waals surface area contributed by atoms with Crippen LogP contribution in [-0.2, 0) is 6.54 Å². The zero-order valence-corrected chi connectivity index (χ0v) is 21.8. The number of allylic oxidation sites excluding steroid dienone is 1. The maximum Gasteiger partial charge on any atom is 0.573 e.